The van der Waals surface area contributed by atoms with E-state index in [9.17, 15) is 0 Å². The Bertz CT molecular complexity index is 500. The van der Waals surface area contributed by atoms with Crippen molar-refractivity contribution in [2.75, 3.05) is 0 Å². The van der Waals surface area contributed by atoms with Crippen molar-refractivity contribution >= 4 is 23.2 Å². The molecule has 0 bridgehead atoms. The van der Waals surface area contributed by atoms with Gasteiger partial charge in [0, 0.05) is 11.8 Å². The standard InChI is InChI=1S/C17H18Cl2/c1-13(17-8-6-16(12-19)7-9-17)10-14-2-4-15(11-18)5-3-14/h2-9,13H,10-12H2,1H3. The minimum atomic E-state index is 0.506. The second kappa shape index (κ2) is 6.98. The summed E-state index contributed by atoms with van der Waals surface area (Å²) in [5.41, 5.74) is 5.05. The second-order valence-electron chi connectivity index (χ2n) is 4.93. The highest BCUT2D eigenvalue weighted by molar-refractivity contribution is 6.17. The lowest BCUT2D eigenvalue weighted by molar-refractivity contribution is 0.758. The Balaban J connectivity index is 2.04. The van der Waals surface area contributed by atoms with Gasteiger partial charge in [0.25, 0.3) is 0 Å². The largest absolute Gasteiger partial charge is 0.122 e. The van der Waals surface area contributed by atoms with Crippen molar-refractivity contribution in [1.29, 1.82) is 0 Å². The Morgan fingerprint density at radius 3 is 1.63 bits per heavy atom. The fourth-order valence-corrected chi connectivity index (χ4v) is 2.53. The fraction of sp³-hybridized carbons (Fsp3) is 0.294. The maximum atomic E-state index is 5.81. The lowest BCUT2D eigenvalue weighted by Crippen LogP contribution is -1.98. The van der Waals surface area contributed by atoms with Crippen molar-refractivity contribution < 1.29 is 0 Å². The predicted octanol–water partition coefficient (Wildman–Crippen LogP) is 5.51. The number of hydrogen-bond donors (Lipinski definition) is 0. The molecule has 0 aliphatic rings. The van der Waals surface area contributed by atoms with Crippen LogP contribution in [0.3, 0.4) is 0 Å². The summed E-state index contributed by atoms with van der Waals surface area (Å²) in [7, 11) is 0. The van der Waals surface area contributed by atoms with Crippen LogP contribution in [-0.2, 0) is 18.2 Å². The van der Waals surface area contributed by atoms with Gasteiger partial charge < -0.3 is 0 Å². The van der Waals surface area contributed by atoms with Crippen LogP contribution >= 0.6 is 23.2 Å². The molecule has 2 heteroatoms. The van der Waals surface area contributed by atoms with Crippen LogP contribution in [0.15, 0.2) is 48.5 Å². The third-order valence-electron chi connectivity index (χ3n) is 3.42. The molecule has 0 spiro atoms. The van der Waals surface area contributed by atoms with Gasteiger partial charge in [-0.2, -0.15) is 0 Å². The molecular weight excluding hydrogens is 275 g/mol. The Labute approximate surface area is 125 Å². The molecule has 2 rings (SSSR count). The van der Waals surface area contributed by atoms with Crippen LogP contribution in [0.2, 0.25) is 0 Å². The molecule has 2 aromatic carbocycles. The summed E-state index contributed by atoms with van der Waals surface area (Å²) in [5.74, 6) is 1.66. The van der Waals surface area contributed by atoms with Crippen molar-refractivity contribution in [3.63, 3.8) is 0 Å². The topological polar surface area (TPSA) is 0 Å². The minimum absolute atomic E-state index is 0.506. The van der Waals surface area contributed by atoms with Crippen LogP contribution in [0.1, 0.15) is 35.1 Å². The van der Waals surface area contributed by atoms with Gasteiger partial charge in [0.15, 0.2) is 0 Å². The minimum Gasteiger partial charge on any atom is -0.122 e. The van der Waals surface area contributed by atoms with Crippen molar-refractivity contribution in [2.45, 2.75) is 31.0 Å². The fourth-order valence-electron chi connectivity index (χ4n) is 2.17. The SMILES string of the molecule is CC(Cc1ccc(CCl)cc1)c1ccc(CCl)cc1. The number of alkyl halides is 2. The van der Waals surface area contributed by atoms with Gasteiger partial charge in [-0.1, -0.05) is 55.5 Å². The Hall–Kier alpha value is -0.980. The molecule has 0 aliphatic carbocycles. The van der Waals surface area contributed by atoms with Crippen LogP contribution < -0.4 is 0 Å². The van der Waals surface area contributed by atoms with Crippen LogP contribution in [0.4, 0.5) is 0 Å². The number of halogens is 2. The predicted molar refractivity (Wildman–Crippen MR) is 84.1 cm³/mol. The normalized spacial score (nSPS) is 12.4. The molecule has 1 atom stereocenters. The van der Waals surface area contributed by atoms with E-state index < -0.39 is 0 Å². The Morgan fingerprint density at radius 1 is 0.737 bits per heavy atom. The second-order valence-corrected chi connectivity index (χ2v) is 5.47. The first-order chi connectivity index (χ1) is 9.22. The molecule has 0 saturated carbocycles. The molecule has 0 radical (unpaired) electrons. The smallest absolute Gasteiger partial charge is 0.0474 e. The third-order valence-corrected chi connectivity index (χ3v) is 4.04. The monoisotopic (exact) mass is 292 g/mol. The first kappa shape index (κ1) is 14.4. The van der Waals surface area contributed by atoms with Gasteiger partial charge in [-0.05, 0) is 34.6 Å². The van der Waals surface area contributed by atoms with E-state index in [4.69, 9.17) is 23.2 Å². The first-order valence-electron chi connectivity index (χ1n) is 6.51. The van der Waals surface area contributed by atoms with Crippen LogP contribution in [-0.4, -0.2) is 0 Å². The van der Waals surface area contributed by atoms with Gasteiger partial charge in [-0.3, -0.25) is 0 Å². The summed E-state index contributed by atoms with van der Waals surface area (Å²) >= 11 is 11.6. The highest BCUT2D eigenvalue weighted by Crippen LogP contribution is 2.21. The number of benzene rings is 2. The average molecular weight is 293 g/mol. The van der Waals surface area contributed by atoms with E-state index in [0.29, 0.717) is 17.7 Å². The van der Waals surface area contributed by atoms with E-state index in [0.717, 1.165) is 6.42 Å². The van der Waals surface area contributed by atoms with Gasteiger partial charge in [-0.25, -0.2) is 0 Å². The van der Waals surface area contributed by atoms with E-state index in [1.54, 1.807) is 0 Å². The van der Waals surface area contributed by atoms with Crippen LogP contribution in [0, 0.1) is 0 Å². The quantitative estimate of drug-likeness (QED) is 0.638. The third kappa shape index (κ3) is 3.99. The molecule has 0 aliphatic heterocycles. The van der Waals surface area contributed by atoms with E-state index in [1.807, 2.05) is 0 Å². The van der Waals surface area contributed by atoms with Gasteiger partial charge in [0.2, 0.25) is 0 Å². The Morgan fingerprint density at radius 2 is 1.16 bits per heavy atom. The molecule has 0 N–H and O–H groups in total. The molecule has 0 amide bonds. The summed E-state index contributed by atoms with van der Waals surface area (Å²) in [5, 5.41) is 0. The average Bonchev–Trinajstić information content (AvgIpc) is 2.48. The highest BCUT2D eigenvalue weighted by Gasteiger charge is 2.06. The zero-order chi connectivity index (χ0) is 13.7. The Kier molecular flexibility index (Phi) is 5.30. The molecule has 2 aromatic rings. The van der Waals surface area contributed by atoms with Crippen molar-refractivity contribution in [2.24, 2.45) is 0 Å². The maximum Gasteiger partial charge on any atom is 0.0474 e. The van der Waals surface area contributed by atoms with Crippen molar-refractivity contribution in [3.8, 4) is 0 Å². The molecule has 0 nitrogen and oxygen atoms in total. The van der Waals surface area contributed by atoms with E-state index in [1.165, 1.54) is 22.3 Å². The molecule has 0 saturated heterocycles. The molecular formula is C17H18Cl2. The summed E-state index contributed by atoms with van der Waals surface area (Å²) in [6.45, 7) is 2.26. The van der Waals surface area contributed by atoms with E-state index in [2.05, 4.69) is 55.5 Å². The first-order valence-corrected chi connectivity index (χ1v) is 7.58. The molecule has 19 heavy (non-hydrogen) atoms. The van der Waals surface area contributed by atoms with Crippen LogP contribution in [0.5, 0.6) is 0 Å². The van der Waals surface area contributed by atoms with Gasteiger partial charge in [0.1, 0.15) is 0 Å². The molecule has 1 unspecified atom stereocenters. The van der Waals surface area contributed by atoms with Crippen LogP contribution in [0.25, 0.3) is 0 Å². The van der Waals surface area contributed by atoms with Crippen molar-refractivity contribution in [3.05, 3.63) is 70.8 Å². The zero-order valence-electron chi connectivity index (χ0n) is 11.1. The lowest BCUT2D eigenvalue weighted by atomic mass is 9.93. The molecule has 0 aromatic heterocycles. The number of rotatable bonds is 5. The number of hydrogen-bond acceptors (Lipinski definition) is 0. The maximum absolute atomic E-state index is 5.81. The van der Waals surface area contributed by atoms with Gasteiger partial charge >= 0.3 is 0 Å². The molecule has 0 heterocycles. The van der Waals surface area contributed by atoms with Gasteiger partial charge in [0.05, 0.1) is 0 Å². The van der Waals surface area contributed by atoms with E-state index >= 15 is 0 Å². The molecule has 100 valence electrons. The van der Waals surface area contributed by atoms with Gasteiger partial charge in [-0.15, -0.1) is 23.2 Å². The summed E-state index contributed by atoms with van der Waals surface area (Å²) in [6.07, 6.45) is 1.04. The summed E-state index contributed by atoms with van der Waals surface area (Å²) in [6, 6.07) is 17.1. The highest BCUT2D eigenvalue weighted by atomic mass is 35.5. The van der Waals surface area contributed by atoms with Crippen molar-refractivity contribution in [1.82, 2.24) is 0 Å². The lowest BCUT2D eigenvalue weighted by Gasteiger charge is -2.13. The zero-order valence-corrected chi connectivity index (χ0v) is 12.6. The van der Waals surface area contributed by atoms with E-state index in [-0.39, 0.29) is 0 Å². The molecule has 0 fully saturated rings. The summed E-state index contributed by atoms with van der Waals surface area (Å²) < 4.78 is 0. The summed E-state index contributed by atoms with van der Waals surface area (Å²) in [4.78, 5) is 0.